The molecule has 8 heteroatoms. The summed E-state index contributed by atoms with van der Waals surface area (Å²) in [6.45, 7) is 7.82. The zero-order valence-corrected chi connectivity index (χ0v) is 17.3. The first kappa shape index (κ1) is 19.8. The van der Waals surface area contributed by atoms with Crippen LogP contribution in [0.2, 0.25) is 0 Å². The second-order valence-corrected chi connectivity index (χ2v) is 7.70. The van der Waals surface area contributed by atoms with Crippen molar-refractivity contribution in [1.29, 1.82) is 0 Å². The molecule has 156 valence electrons. The van der Waals surface area contributed by atoms with E-state index in [-0.39, 0.29) is 17.8 Å². The molecule has 2 aliphatic heterocycles. The van der Waals surface area contributed by atoms with E-state index < -0.39 is 0 Å². The molecule has 1 fully saturated rings. The van der Waals surface area contributed by atoms with Crippen LogP contribution >= 0.6 is 0 Å². The van der Waals surface area contributed by atoms with E-state index in [0.717, 1.165) is 33.8 Å². The van der Waals surface area contributed by atoms with Crippen LogP contribution in [0.4, 0.5) is 10.5 Å². The number of hydrogen-bond acceptors (Lipinski definition) is 3. The number of nitrogens with zero attached hydrogens (tertiary/aromatic N) is 1. The molecule has 8 nitrogen and oxygen atoms in total. The van der Waals surface area contributed by atoms with Crippen LogP contribution in [0.1, 0.15) is 38.4 Å². The van der Waals surface area contributed by atoms with Crippen LogP contribution < -0.4 is 16.0 Å². The van der Waals surface area contributed by atoms with Gasteiger partial charge in [-0.05, 0) is 44.5 Å². The number of rotatable bonds is 5. The fraction of sp³-hybridized carbons (Fsp3) is 0.318. The lowest BCUT2D eigenvalue weighted by Gasteiger charge is -2.14. The number of carbonyl (C=O) groups is 3. The molecule has 2 aliphatic rings. The molecule has 2 aromatic rings. The molecule has 4 N–H and O–H groups in total. The molecule has 0 radical (unpaired) electrons. The number of nitrogens with one attached hydrogen (secondary N) is 4. The minimum Gasteiger partial charge on any atom is -0.358 e. The van der Waals surface area contributed by atoms with E-state index >= 15 is 0 Å². The molecular weight excluding hydrogens is 382 g/mol. The van der Waals surface area contributed by atoms with E-state index in [0.29, 0.717) is 37.3 Å². The van der Waals surface area contributed by atoms with Gasteiger partial charge in [0.1, 0.15) is 0 Å². The Morgan fingerprint density at radius 1 is 1.23 bits per heavy atom. The second kappa shape index (κ2) is 7.70. The van der Waals surface area contributed by atoms with Crippen LogP contribution in [0.3, 0.4) is 0 Å². The maximum atomic E-state index is 12.7. The monoisotopic (exact) mass is 407 g/mol. The third kappa shape index (κ3) is 3.56. The van der Waals surface area contributed by atoms with E-state index in [1.807, 2.05) is 39.0 Å². The number of aromatic amines is 1. The highest BCUT2D eigenvalue weighted by atomic mass is 16.2. The molecule has 0 spiro atoms. The molecule has 4 rings (SSSR count). The number of benzene rings is 1. The summed E-state index contributed by atoms with van der Waals surface area (Å²) in [6, 6.07) is 5.74. The lowest BCUT2D eigenvalue weighted by molar-refractivity contribution is -0.110. The molecule has 1 saturated heterocycles. The molecule has 30 heavy (non-hydrogen) atoms. The van der Waals surface area contributed by atoms with E-state index in [4.69, 9.17) is 0 Å². The summed E-state index contributed by atoms with van der Waals surface area (Å²) in [5.74, 6) is -0.352. The number of H-pyrrole nitrogens is 1. The highest BCUT2D eigenvalue weighted by Crippen LogP contribution is 2.34. The number of urea groups is 1. The largest absolute Gasteiger partial charge is 0.358 e. The fourth-order valence-electron chi connectivity index (χ4n) is 3.97. The van der Waals surface area contributed by atoms with Crippen molar-refractivity contribution in [3.63, 3.8) is 0 Å². The summed E-state index contributed by atoms with van der Waals surface area (Å²) in [5, 5.41) is 8.51. The standard InChI is InChI=1S/C22H25N5O3/c1-12-4-5-17-15(10-12)16(20(28)26-17)11-18-13(2)19(14(3)25-18)21(29)23-6-8-27-9-7-24-22(27)30/h4-5,10-11,25H,6-9H2,1-3H3,(H,23,29)(H,24,30)(H,26,28)/b16-11-. The molecule has 0 unspecified atom stereocenters. The lowest BCUT2D eigenvalue weighted by atomic mass is 10.0. The highest BCUT2D eigenvalue weighted by molar-refractivity contribution is 6.35. The van der Waals surface area contributed by atoms with Crippen molar-refractivity contribution in [2.45, 2.75) is 20.8 Å². The predicted molar refractivity (Wildman–Crippen MR) is 115 cm³/mol. The van der Waals surface area contributed by atoms with Gasteiger partial charge >= 0.3 is 6.03 Å². The van der Waals surface area contributed by atoms with Crippen molar-refractivity contribution in [3.8, 4) is 0 Å². The van der Waals surface area contributed by atoms with E-state index in [1.165, 1.54) is 0 Å². The molecule has 1 aromatic carbocycles. The van der Waals surface area contributed by atoms with Crippen LogP contribution in [-0.4, -0.2) is 53.9 Å². The van der Waals surface area contributed by atoms with Crippen molar-refractivity contribution < 1.29 is 14.4 Å². The van der Waals surface area contributed by atoms with Gasteiger partial charge in [0, 0.05) is 48.8 Å². The van der Waals surface area contributed by atoms with E-state index in [2.05, 4.69) is 20.9 Å². The average Bonchev–Trinajstić information content (AvgIpc) is 3.32. The van der Waals surface area contributed by atoms with Crippen molar-refractivity contribution in [2.24, 2.45) is 0 Å². The topological polar surface area (TPSA) is 106 Å². The van der Waals surface area contributed by atoms with Gasteiger partial charge in [-0.2, -0.15) is 0 Å². The van der Waals surface area contributed by atoms with Gasteiger partial charge in [-0.1, -0.05) is 11.6 Å². The van der Waals surface area contributed by atoms with Crippen LogP contribution in [0.5, 0.6) is 0 Å². The molecule has 0 saturated carbocycles. The van der Waals surface area contributed by atoms with Crippen molar-refractivity contribution in [2.75, 3.05) is 31.5 Å². The Balaban J connectivity index is 1.53. The lowest BCUT2D eigenvalue weighted by Crippen LogP contribution is -2.37. The number of fused-ring (bicyclic) bond motifs is 1. The molecule has 4 amide bonds. The molecule has 0 bridgehead atoms. The van der Waals surface area contributed by atoms with Crippen LogP contribution in [0.25, 0.3) is 11.6 Å². The summed E-state index contributed by atoms with van der Waals surface area (Å²) >= 11 is 0. The van der Waals surface area contributed by atoms with Gasteiger partial charge in [0.15, 0.2) is 0 Å². The SMILES string of the molecule is Cc1ccc2c(c1)/C(=C/c1[nH]c(C)c(C(=O)NCCN3CCNC3=O)c1C)C(=O)N2. The highest BCUT2D eigenvalue weighted by Gasteiger charge is 2.26. The molecule has 0 aliphatic carbocycles. The van der Waals surface area contributed by atoms with Gasteiger partial charge in [0.05, 0.1) is 11.1 Å². The van der Waals surface area contributed by atoms with E-state index in [1.54, 1.807) is 11.0 Å². The number of amides is 4. The van der Waals surface area contributed by atoms with E-state index in [9.17, 15) is 14.4 Å². The number of aryl methyl sites for hydroxylation is 2. The Morgan fingerprint density at radius 2 is 2.03 bits per heavy atom. The predicted octanol–water partition coefficient (Wildman–Crippen LogP) is 2.19. The van der Waals surface area contributed by atoms with Crippen LogP contribution in [-0.2, 0) is 4.79 Å². The first-order chi connectivity index (χ1) is 14.3. The van der Waals surface area contributed by atoms with Crippen molar-refractivity contribution in [1.82, 2.24) is 20.5 Å². The maximum Gasteiger partial charge on any atom is 0.317 e. The smallest absolute Gasteiger partial charge is 0.317 e. The summed E-state index contributed by atoms with van der Waals surface area (Å²) in [4.78, 5) is 41.7. The molecule has 3 heterocycles. The fourth-order valence-corrected chi connectivity index (χ4v) is 3.97. The Bertz CT molecular complexity index is 1080. The quantitative estimate of drug-likeness (QED) is 0.571. The second-order valence-electron chi connectivity index (χ2n) is 7.70. The number of anilines is 1. The zero-order chi connectivity index (χ0) is 21.4. The van der Waals surface area contributed by atoms with Gasteiger partial charge in [-0.25, -0.2) is 4.79 Å². The number of carbonyl (C=O) groups excluding carboxylic acids is 3. The summed E-state index contributed by atoms with van der Waals surface area (Å²) in [7, 11) is 0. The van der Waals surface area contributed by atoms with Crippen molar-refractivity contribution in [3.05, 3.63) is 51.8 Å². The van der Waals surface area contributed by atoms with Crippen LogP contribution in [0, 0.1) is 20.8 Å². The Kier molecular flexibility index (Phi) is 5.07. The van der Waals surface area contributed by atoms with Crippen molar-refractivity contribution >= 4 is 35.2 Å². The minimum absolute atomic E-state index is 0.0995. The summed E-state index contributed by atoms with van der Waals surface area (Å²) in [5.41, 5.74) is 6.12. The van der Waals surface area contributed by atoms with Gasteiger partial charge in [0.2, 0.25) is 0 Å². The third-order valence-corrected chi connectivity index (χ3v) is 5.56. The number of aromatic nitrogens is 1. The zero-order valence-electron chi connectivity index (χ0n) is 17.3. The normalized spacial score (nSPS) is 16.6. The Hall–Kier alpha value is -3.55. The van der Waals surface area contributed by atoms with Gasteiger partial charge in [-0.15, -0.1) is 0 Å². The van der Waals surface area contributed by atoms with Gasteiger partial charge < -0.3 is 25.8 Å². The van der Waals surface area contributed by atoms with Gasteiger partial charge in [-0.3, -0.25) is 9.59 Å². The number of hydrogen-bond donors (Lipinski definition) is 4. The summed E-state index contributed by atoms with van der Waals surface area (Å²) < 4.78 is 0. The Morgan fingerprint density at radius 3 is 2.77 bits per heavy atom. The van der Waals surface area contributed by atoms with Gasteiger partial charge in [0.25, 0.3) is 11.8 Å². The maximum absolute atomic E-state index is 12.7. The molecular formula is C22H25N5O3. The minimum atomic E-state index is -0.197. The first-order valence-electron chi connectivity index (χ1n) is 9.99. The molecule has 1 aromatic heterocycles. The third-order valence-electron chi connectivity index (χ3n) is 5.56. The molecule has 0 atom stereocenters. The van der Waals surface area contributed by atoms with Crippen LogP contribution in [0.15, 0.2) is 18.2 Å². The first-order valence-corrected chi connectivity index (χ1v) is 9.99. The average molecular weight is 407 g/mol. The summed E-state index contributed by atoms with van der Waals surface area (Å²) in [6.07, 6.45) is 1.80. The Labute approximate surface area is 174 Å².